The van der Waals surface area contributed by atoms with Gasteiger partial charge in [0.25, 0.3) is 5.69 Å². The van der Waals surface area contributed by atoms with Crippen LogP contribution in [0.1, 0.15) is 12.0 Å². The van der Waals surface area contributed by atoms with Crippen molar-refractivity contribution in [3.63, 3.8) is 0 Å². The van der Waals surface area contributed by atoms with Crippen LogP contribution in [0.5, 0.6) is 0 Å². The van der Waals surface area contributed by atoms with Crippen LogP contribution in [0.25, 0.3) is 0 Å². The third-order valence-corrected chi connectivity index (χ3v) is 6.51. The minimum absolute atomic E-state index is 0.0234. The van der Waals surface area contributed by atoms with Gasteiger partial charge in [-0.1, -0.05) is 15.9 Å². The summed E-state index contributed by atoms with van der Waals surface area (Å²) in [7, 11) is -1.87. The Hall–Kier alpha value is -1.23. The predicted molar refractivity (Wildman–Crippen MR) is 101 cm³/mol. The van der Waals surface area contributed by atoms with E-state index in [1.807, 2.05) is 7.05 Å². The maximum Gasteiger partial charge on any atom is 0.271 e. The monoisotopic (exact) mass is 434 g/mol. The first-order valence-electron chi connectivity index (χ1n) is 8.05. The lowest BCUT2D eigenvalue weighted by atomic mass is 10.2. The number of hydrogen-bond acceptors (Lipinski definition) is 6. The second-order valence-electron chi connectivity index (χ2n) is 6.07. The summed E-state index contributed by atoms with van der Waals surface area (Å²) in [6.45, 7) is 4.44. The van der Waals surface area contributed by atoms with Gasteiger partial charge in [-0.25, -0.2) is 8.42 Å². The number of sulfonamides is 1. The van der Waals surface area contributed by atoms with Gasteiger partial charge in [0.2, 0.25) is 10.0 Å². The van der Waals surface area contributed by atoms with E-state index in [9.17, 15) is 18.5 Å². The number of non-ortho nitro benzene ring substituents is 1. The van der Waals surface area contributed by atoms with E-state index in [1.165, 1.54) is 10.4 Å². The fourth-order valence-corrected chi connectivity index (χ4v) is 4.78. The van der Waals surface area contributed by atoms with Crippen LogP contribution in [-0.4, -0.2) is 67.6 Å². The predicted octanol–water partition coefficient (Wildman–Crippen LogP) is 2.04. The van der Waals surface area contributed by atoms with E-state index in [4.69, 9.17) is 0 Å². The minimum atomic E-state index is -3.82. The lowest BCUT2D eigenvalue weighted by Crippen LogP contribution is -2.35. The smallest absolute Gasteiger partial charge is 0.271 e. The second kappa shape index (κ2) is 8.43. The van der Waals surface area contributed by atoms with E-state index in [1.54, 1.807) is 6.92 Å². The zero-order valence-corrected chi connectivity index (χ0v) is 16.8. The van der Waals surface area contributed by atoms with Gasteiger partial charge in [0.1, 0.15) is 4.90 Å². The van der Waals surface area contributed by atoms with Gasteiger partial charge in [-0.15, -0.1) is 0 Å². The Morgan fingerprint density at radius 2 is 2.00 bits per heavy atom. The lowest BCUT2D eigenvalue weighted by molar-refractivity contribution is -0.385. The number of halogens is 1. The van der Waals surface area contributed by atoms with Crippen molar-refractivity contribution in [1.82, 2.24) is 9.21 Å². The van der Waals surface area contributed by atoms with Gasteiger partial charge < -0.3 is 10.2 Å². The molecule has 0 bridgehead atoms. The third kappa shape index (κ3) is 4.69. The molecule has 0 saturated carbocycles. The van der Waals surface area contributed by atoms with Crippen LogP contribution in [0.2, 0.25) is 0 Å². The molecule has 0 spiro atoms. The van der Waals surface area contributed by atoms with Crippen molar-refractivity contribution in [3.8, 4) is 0 Å². The lowest BCUT2D eigenvalue weighted by Gasteiger charge is -2.23. The molecular weight excluding hydrogens is 412 g/mol. The van der Waals surface area contributed by atoms with Crippen LogP contribution in [0, 0.1) is 17.0 Å². The molecule has 0 aliphatic carbocycles. The highest BCUT2D eigenvalue weighted by Crippen LogP contribution is 2.32. The van der Waals surface area contributed by atoms with Crippen LogP contribution < -0.4 is 5.32 Å². The number of anilines is 1. The Bertz CT molecular complexity index is 741. The van der Waals surface area contributed by atoms with Gasteiger partial charge in [0.05, 0.1) is 10.6 Å². The summed E-state index contributed by atoms with van der Waals surface area (Å²) in [5.74, 6) is 0. The van der Waals surface area contributed by atoms with Crippen molar-refractivity contribution < 1.29 is 13.3 Å². The largest absolute Gasteiger partial charge is 0.383 e. The summed E-state index contributed by atoms with van der Waals surface area (Å²) in [5, 5.41) is 14.9. The molecule has 140 valence electrons. The van der Waals surface area contributed by atoms with E-state index in [0.717, 1.165) is 19.0 Å². The van der Waals surface area contributed by atoms with Gasteiger partial charge in [-0.05, 0) is 32.5 Å². The van der Waals surface area contributed by atoms with Crippen LogP contribution in [0.4, 0.5) is 11.4 Å². The Morgan fingerprint density at radius 3 is 2.64 bits per heavy atom. The summed E-state index contributed by atoms with van der Waals surface area (Å²) in [5.41, 5.74) is 0.760. The standard InChI is InChI=1S/C15H23BrN4O4S/c1-12-10-13(20(21)22)11-14(15(12)17-5-4-16)25(23,24)19-7-3-6-18(2)8-9-19/h10-11,17H,3-9H2,1-2H3. The molecule has 25 heavy (non-hydrogen) atoms. The molecule has 1 aromatic carbocycles. The molecule has 0 atom stereocenters. The number of nitro benzene ring substituents is 1. The van der Waals surface area contributed by atoms with Crippen LogP contribution in [-0.2, 0) is 10.0 Å². The van der Waals surface area contributed by atoms with Crippen LogP contribution >= 0.6 is 15.9 Å². The van der Waals surface area contributed by atoms with E-state index in [0.29, 0.717) is 42.8 Å². The highest BCUT2D eigenvalue weighted by molar-refractivity contribution is 9.09. The van der Waals surface area contributed by atoms with Gasteiger partial charge in [-0.2, -0.15) is 4.31 Å². The fraction of sp³-hybridized carbons (Fsp3) is 0.600. The minimum Gasteiger partial charge on any atom is -0.383 e. The molecule has 1 aliphatic heterocycles. The van der Waals surface area contributed by atoms with E-state index < -0.39 is 14.9 Å². The van der Waals surface area contributed by atoms with Gasteiger partial charge in [-0.3, -0.25) is 10.1 Å². The SMILES string of the molecule is Cc1cc([N+](=O)[O-])cc(S(=O)(=O)N2CCCN(C)CC2)c1NCCBr. The van der Waals surface area contributed by atoms with Crippen LogP contribution in [0.15, 0.2) is 17.0 Å². The Labute approximate surface area is 156 Å². The topological polar surface area (TPSA) is 95.8 Å². The molecule has 1 saturated heterocycles. The van der Waals surface area contributed by atoms with Gasteiger partial charge in [0, 0.05) is 43.6 Å². The first-order chi connectivity index (χ1) is 11.8. The number of nitrogens with one attached hydrogen (secondary N) is 1. The molecular formula is C15H23BrN4O4S. The third-order valence-electron chi connectivity index (χ3n) is 4.19. The molecule has 0 aromatic heterocycles. The van der Waals surface area contributed by atoms with Gasteiger partial charge >= 0.3 is 0 Å². The Kier molecular flexibility index (Phi) is 6.78. The molecule has 8 nitrogen and oxygen atoms in total. The number of rotatable bonds is 6. The Balaban J connectivity index is 2.51. The molecule has 1 fully saturated rings. The fourth-order valence-electron chi connectivity index (χ4n) is 2.85. The zero-order valence-electron chi connectivity index (χ0n) is 14.4. The summed E-state index contributed by atoms with van der Waals surface area (Å²) in [6.07, 6.45) is 0.730. The molecule has 1 aromatic rings. The second-order valence-corrected chi connectivity index (χ2v) is 8.77. The van der Waals surface area contributed by atoms with E-state index in [2.05, 4.69) is 26.1 Å². The van der Waals surface area contributed by atoms with Crippen LogP contribution in [0.3, 0.4) is 0 Å². The number of aryl methyl sites for hydroxylation is 1. The molecule has 0 unspecified atom stereocenters. The van der Waals surface area contributed by atoms with Gasteiger partial charge in [0.15, 0.2) is 0 Å². The number of alkyl halides is 1. The molecule has 10 heteroatoms. The molecule has 1 N–H and O–H groups in total. The number of nitrogens with zero attached hydrogens (tertiary/aromatic N) is 3. The van der Waals surface area contributed by atoms with Crippen molar-refractivity contribution in [2.75, 3.05) is 50.4 Å². The normalized spacial score (nSPS) is 17.2. The molecule has 0 amide bonds. The number of hydrogen-bond donors (Lipinski definition) is 1. The van der Waals surface area contributed by atoms with E-state index in [-0.39, 0.29) is 10.6 Å². The first kappa shape index (κ1) is 20.1. The van der Waals surface area contributed by atoms with Crippen molar-refractivity contribution in [1.29, 1.82) is 0 Å². The maximum atomic E-state index is 13.2. The highest BCUT2D eigenvalue weighted by atomic mass is 79.9. The van der Waals surface area contributed by atoms with E-state index >= 15 is 0 Å². The average Bonchev–Trinajstić information content (AvgIpc) is 2.78. The summed E-state index contributed by atoms with van der Waals surface area (Å²) >= 11 is 3.30. The highest BCUT2D eigenvalue weighted by Gasteiger charge is 2.31. The summed E-state index contributed by atoms with van der Waals surface area (Å²) in [6, 6.07) is 2.55. The average molecular weight is 435 g/mol. The first-order valence-corrected chi connectivity index (χ1v) is 10.6. The quantitative estimate of drug-likeness (QED) is 0.418. The summed E-state index contributed by atoms with van der Waals surface area (Å²) in [4.78, 5) is 12.7. The number of benzene rings is 1. The van der Waals surface area contributed by atoms with Crippen molar-refractivity contribution in [3.05, 3.63) is 27.8 Å². The molecule has 0 radical (unpaired) electrons. The number of likely N-dealkylation sites (N-methyl/N-ethyl adjacent to an activating group) is 1. The Morgan fingerprint density at radius 1 is 1.28 bits per heavy atom. The van der Waals surface area contributed by atoms with Crippen molar-refractivity contribution in [2.24, 2.45) is 0 Å². The summed E-state index contributed by atoms with van der Waals surface area (Å²) < 4.78 is 27.8. The zero-order chi connectivity index (χ0) is 18.6. The molecule has 1 aliphatic rings. The molecule has 2 rings (SSSR count). The van der Waals surface area contributed by atoms with Crippen molar-refractivity contribution >= 4 is 37.3 Å². The molecule has 1 heterocycles. The van der Waals surface area contributed by atoms with Crippen molar-refractivity contribution in [2.45, 2.75) is 18.2 Å². The maximum absolute atomic E-state index is 13.2. The number of nitro groups is 1.